The van der Waals surface area contributed by atoms with Crippen LogP contribution in [0.4, 0.5) is 4.39 Å². The lowest BCUT2D eigenvalue weighted by atomic mass is 9.67. The normalized spacial score (nSPS) is 32.8. The van der Waals surface area contributed by atoms with E-state index in [2.05, 4.69) is 0 Å². The lowest BCUT2D eigenvalue weighted by Gasteiger charge is -2.44. The molecule has 218 valence electrons. The maximum Gasteiger partial charge on any atom is 0.223 e. The molecule has 4 saturated carbocycles. The van der Waals surface area contributed by atoms with Gasteiger partial charge in [0.15, 0.2) is 0 Å². The smallest absolute Gasteiger partial charge is 0.223 e. The average molecular weight is 565 g/mol. The van der Waals surface area contributed by atoms with Gasteiger partial charge in [-0.3, -0.25) is 4.79 Å². The Balaban J connectivity index is 1.29. The maximum absolute atomic E-state index is 15.2. The summed E-state index contributed by atoms with van der Waals surface area (Å²) in [6.07, 6.45) is 8.73. The number of ether oxygens (including phenoxy) is 1. The Hall–Kier alpha value is -1.25. The van der Waals surface area contributed by atoms with Crippen molar-refractivity contribution in [3.63, 3.8) is 0 Å². The van der Waals surface area contributed by atoms with Gasteiger partial charge >= 0.3 is 0 Å². The number of unbranched alkanes of at least 4 members (excludes halogenated alkanes) is 1. The molecule has 6 nitrogen and oxygen atoms in total. The van der Waals surface area contributed by atoms with Crippen molar-refractivity contribution >= 4 is 17.5 Å². The fourth-order valence-corrected chi connectivity index (χ4v) is 9.29. The number of aliphatic hydroxyl groups excluding tert-OH is 1. The summed E-state index contributed by atoms with van der Waals surface area (Å²) >= 11 is 6.12. The number of hydrogen-bond acceptors (Lipinski definition) is 5. The van der Waals surface area contributed by atoms with E-state index in [1.54, 1.807) is 19.2 Å². The molecule has 0 spiro atoms. The summed E-state index contributed by atoms with van der Waals surface area (Å²) in [6, 6.07) is 4.77. The predicted octanol–water partition coefficient (Wildman–Crippen LogP) is 4.87. The van der Waals surface area contributed by atoms with Crippen LogP contribution in [-0.4, -0.2) is 60.5 Å². The third-order valence-electron chi connectivity index (χ3n) is 10.9. The number of nitrogens with two attached hydrogens (primary N) is 1. The van der Waals surface area contributed by atoms with Crippen molar-refractivity contribution < 1.29 is 24.1 Å². The van der Waals surface area contributed by atoms with Crippen LogP contribution in [0, 0.1) is 40.8 Å². The van der Waals surface area contributed by atoms with Crippen molar-refractivity contribution in [1.82, 2.24) is 4.90 Å². The molecule has 4 aliphatic carbocycles. The number of likely N-dealkylation sites (tertiary alicyclic amines) is 1. The second-order valence-corrected chi connectivity index (χ2v) is 13.5. The summed E-state index contributed by atoms with van der Waals surface area (Å²) < 4.78 is 20.4. The summed E-state index contributed by atoms with van der Waals surface area (Å²) in [6.45, 7) is 1.79. The van der Waals surface area contributed by atoms with Gasteiger partial charge < -0.3 is 25.6 Å². The molecule has 6 rings (SSSR count). The average Bonchev–Trinajstić information content (AvgIpc) is 3.34. The van der Waals surface area contributed by atoms with Crippen LogP contribution < -0.4 is 5.73 Å². The molecule has 0 aromatic heterocycles. The highest BCUT2D eigenvalue weighted by Crippen LogP contribution is 2.67. The van der Waals surface area contributed by atoms with Gasteiger partial charge in [-0.1, -0.05) is 23.7 Å². The van der Waals surface area contributed by atoms with Crippen LogP contribution in [0.25, 0.3) is 0 Å². The third-order valence-corrected chi connectivity index (χ3v) is 11.1. The number of amides is 1. The second kappa shape index (κ2) is 11.9. The van der Waals surface area contributed by atoms with Crippen molar-refractivity contribution in [3.8, 4) is 0 Å². The molecule has 1 aromatic carbocycles. The van der Waals surface area contributed by atoms with E-state index in [-0.39, 0.29) is 46.7 Å². The molecule has 5 aliphatic rings. The molecule has 6 atom stereocenters. The number of nitrogens with zero attached hydrogens (tertiary/aromatic N) is 1. The van der Waals surface area contributed by atoms with Crippen LogP contribution in [-0.2, 0) is 15.1 Å². The standard InChI is InChI=1S/C31H46ClFN2O4/c1-39-11-3-2-9-31(38,25-7-4-8-26(32)28(25)33)23-6-5-10-35(19-23)27(36)15-22(18-34)29(37)30-16-20-12-21(17-30)14-24(30)13-20/h4,7-8,20-24,29,37-38H,2-3,5-6,9-19,34H2,1H3/t20?,21?,22-,23-,24?,29-,30?,31+/m1/s1. The van der Waals surface area contributed by atoms with E-state index in [0.29, 0.717) is 44.9 Å². The van der Waals surface area contributed by atoms with E-state index in [1.165, 1.54) is 25.3 Å². The molecular formula is C31H46ClFN2O4. The van der Waals surface area contributed by atoms with Crippen LogP contribution >= 0.6 is 11.6 Å². The molecular weight excluding hydrogens is 519 g/mol. The van der Waals surface area contributed by atoms with Crippen molar-refractivity contribution in [2.45, 2.75) is 82.3 Å². The molecule has 1 heterocycles. The van der Waals surface area contributed by atoms with E-state index in [1.807, 2.05) is 4.90 Å². The molecule has 0 radical (unpaired) electrons. The number of halogens is 2. The minimum Gasteiger partial charge on any atom is -0.392 e. The van der Waals surface area contributed by atoms with Crippen LogP contribution in [0.15, 0.2) is 18.2 Å². The van der Waals surface area contributed by atoms with E-state index >= 15 is 4.39 Å². The first-order valence-corrected chi connectivity index (χ1v) is 15.4. The zero-order valence-electron chi connectivity index (χ0n) is 23.3. The van der Waals surface area contributed by atoms with Gasteiger partial charge in [-0.25, -0.2) is 4.39 Å². The number of piperidine rings is 1. The summed E-state index contributed by atoms with van der Waals surface area (Å²) in [5, 5.41) is 23.7. The Kier molecular flexibility index (Phi) is 8.95. The molecule has 1 amide bonds. The van der Waals surface area contributed by atoms with Gasteiger partial charge in [0, 0.05) is 50.6 Å². The minimum atomic E-state index is -1.45. The summed E-state index contributed by atoms with van der Waals surface area (Å²) in [4.78, 5) is 15.5. The third kappa shape index (κ3) is 5.51. The number of carbonyl (C=O) groups is 1. The topological polar surface area (TPSA) is 96.0 Å². The Labute approximate surface area is 237 Å². The largest absolute Gasteiger partial charge is 0.392 e. The van der Waals surface area contributed by atoms with Gasteiger partial charge in [-0.05, 0) is 100.0 Å². The molecule has 1 saturated heterocycles. The number of aliphatic hydroxyl groups is 2. The Morgan fingerprint density at radius 1 is 1.28 bits per heavy atom. The summed E-state index contributed by atoms with van der Waals surface area (Å²) in [5.74, 6) is 0.798. The van der Waals surface area contributed by atoms with Gasteiger partial charge in [0.25, 0.3) is 0 Å². The number of rotatable bonds is 12. The van der Waals surface area contributed by atoms with Gasteiger partial charge in [-0.15, -0.1) is 0 Å². The number of carbonyl (C=O) groups excluding carboxylic acids is 1. The van der Waals surface area contributed by atoms with Gasteiger partial charge in [-0.2, -0.15) is 0 Å². The van der Waals surface area contributed by atoms with E-state index in [9.17, 15) is 15.0 Å². The van der Waals surface area contributed by atoms with Gasteiger partial charge in [0.05, 0.1) is 16.7 Å². The zero-order valence-corrected chi connectivity index (χ0v) is 24.1. The van der Waals surface area contributed by atoms with Crippen LogP contribution in [0.3, 0.4) is 0 Å². The first kappa shape index (κ1) is 29.2. The molecule has 2 unspecified atom stereocenters. The van der Waals surface area contributed by atoms with E-state index in [4.69, 9.17) is 22.1 Å². The van der Waals surface area contributed by atoms with E-state index < -0.39 is 17.5 Å². The first-order valence-electron chi connectivity index (χ1n) is 15.0. The minimum absolute atomic E-state index is 0.0134. The predicted molar refractivity (Wildman–Crippen MR) is 149 cm³/mol. The lowest BCUT2D eigenvalue weighted by molar-refractivity contribution is -0.140. The highest BCUT2D eigenvalue weighted by atomic mass is 35.5. The second-order valence-electron chi connectivity index (χ2n) is 13.1. The van der Waals surface area contributed by atoms with Crippen molar-refractivity contribution in [1.29, 1.82) is 0 Å². The molecule has 4 N–H and O–H groups in total. The quantitative estimate of drug-likeness (QED) is 0.315. The highest BCUT2D eigenvalue weighted by Gasteiger charge is 2.61. The number of hydrogen-bond donors (Lipinski definition) is 3. The zero-order chi connectivity index (χ0) is 27.8. The monoisotopic (exact) mass is 564 g/mol. The molecule has 1 aromatic rings. The Morgan fingerprint density at radius 3 is 2.72 bits per heavy atom. The highest BCUT2D eigenvalue weighted by molar-refractivity contribution is 6.30. The molecule has 4 bridgehead atoms. The lowest BCUT2D eigenvalue weighted by Crippen LogP contribution is -2.50. The summed E-state index contributed by atoms with van der Waals surface area (Å²) in [5.41, 5.74) is 4.88. The number of methoxy groups -OCH3 is 1. The number of benzene rings is 1. The SMILES string of the molecule is COCCCC[C@@](O)(c1cccc(Cl)c1F)[C@@H]1CCCN(C(=O)C[C@H](CN)[C@@H](O)C23CC4CC(CC2C4)C3)C1. The maximum atomic E-state index is 15.2. The van der Waals surface area contributed by atoms with Crippen LogP contribution in [0.2, 0.25) is 5.02 Å². The molecule has 8 heteroatoms. The van der Waals surface area contributed by atoms with Crippen molar-refractivity contribution in [2.24, 2.45) is 40.7 Å². The Morgan fingerprint density at radius 2 is 2.03 bits per heavy atom. The van der Waals surface area contributed by atoms with Crippen molar-refractivity contribution in [2.75, 3.05) is 33.4 Å². The van der Waals surface area contributed by atoms with Gasteiger partial charge in [0.2, 0.25) is 5.91 Å². The summed E-state index contributed by atoms with van der Waals surface area (Å²) in [7, 11) is 1.64. The van der Waals surface area contributed by atoms with Crippen molar-refractivity contribution in [3.05, 3.63) is 34.6 Å². The van der Waals surface area contributed by atoms with E-state index in [0.717, 1.165) is 37.5 Å². The van der Waals surface area contributed by atoms with Crippen LogP contribution in [0.1, 0.15) is 76.2 Å². The molecule has 1 aliphatic heterocycles. The van der Waals surface area contributed by atoms with Crippen LogP contribution in [0.5, 0.6) is 0 Å². The fourth-order valence-electron chi connectivity index (χ4n) is 9.12. The fraction of sp³-hybridized carbons (Fsp3) is 0.774. The molecule has 39 heavy (non-hydrogen) atoms. The Bertz CT molecular complexity index is 1010. The first-order chi connectivity index (χ1) is 18.7. The molecule has 5 fully saturated rings. The van der Waals surface area contributed by atoms with Gasteiger partial charge in [0.1, 0.15) is 5.82 Å².